The average Bonchev–Trinajstić information content (AvgIpc) is 3.26. The normalized spacial score (nSPS) is 13.7. The molecule has 0 aliphatic heterocycles. The van der Waals surface area contributed by atoms with Gasteiger partial charge in [0.2, 0.25) is 17.8 Å². The average molecular weight is 501 g/mol. The van der Waals surface area contributed by atoms with E-state index >= 15 is 0 Å². The SMILES string of the molecule is CN(C)C(=O)CCn1c(NC(=O)c2cccc(C#N)c2)nc2cc(N(C)C(=O)C3CCCCC3)ccc21. The van der Waals surface area contributed by atoms with E-state index in [4.69, 9.17) is 0 Å². The number of carbonyl (C=O) groups excluding carboxylic acids is 3. The highest BCUT2D eigenvalue weighted by molar-refractivity contribution is 6.04. The third-order valence-electron chi connectivity index (χ3n) is 6.93. The molecule has 1 aromatic heterocycles. The number of hydrogen-bond donors (Lipinski definition) is 1. The molecule has 192 valence electrons. The van der Waals surface area contributed by atoms with Gasteiger partial charge in [-0.25, -0.2) is 4.98 Å². The molecule has 3 aromatic rings. The van der Waals surface area contributed by atoms with Crippen molar-refractivity contribution in [2.24, 2.45) is 5.92 Å². The van der Waals surface area contributed by atoms with Gasteiger partial charge in [0.15, 0.2) is 0 Å². The van der Waals surface area contributed by atoms with Crippen LogP contribution < -0.4 is 10.2 Å². The molecule has 3 amide bonds. The summed E-state index contributed by atoms with van der Waals surface area (Å²) in [5, 5.41) is 12.0. The zero-order chi connectivity index (χ0) is 26.5. The second-order valence-electron chi connectivity index (χ2n) is 9.68. The van der Waals surface area contributed by atoms with Crippen LogP contribution in [0, 0.1) is 17.2 Å². The third kappa shape index (κ3) is 5.80. The number of aryl methyl sites for hydroxylation is 1. The quantitative estimate of drug-likeness (QED) is 0.523. The predicted molar refractivity (Wildman–Crippen MR) is 142 cm³/mol. The lowest BCUT2D eigenvalue weighted by Crippen LogP contribution is -2.33. The molecular weight excluding hydrogens is 468 g/mol. The number of aromatic nitrogens is 2. The van der Waals surface area contributed by atoms with Gasteiger partial charge in [0.05, 0.1) is 22.7 Å². The van der Waals surface area contributed by atoms with Gasteiger partial charge in [0, 0.05) is 51.3 Å². The Labute approximate surface area is 216 Å². The number of nitrogens with one attached hydrogen (secondary N) is 1. The molecule has 9 heteroatoms. The molecule has 0 bridgehead atoms. The van der Waals surface area contributed by atoms with Gasteiger partial charge in [-0.15, -0.1) is 0 Å². The van der Waals surface area contributed by atoms with E-state index in [0.29, 0.717) is 29.1 Å². The van der Waals surface area contributed by atoms with E-state index < -0.39 is 5.91 Å². The fraction of sp³-hybridized carbons (Fsp3) is 0.393. The van der Waals surface area contributed by atoms with Gasteiger partial charge in [0.25, 0.3) is 5.91 Å². The second-order valence-corrected chi connectivity index (χ2v) is 9.68. The maximum Gasteiger partial charge on any atom is 0.258 e. The van der Waals surface area contributed by atoms with Crippen LogP contribution in [-0.4, -0.2) is 53.3 Å². The first-order valence-corrected chi connectivity index (χ1v) is 12.6. The van der Waals surface area contributed by atoms with Crippen molar-refractivity contribution in [1.82, 2.24) is 14.5 Å². The van der Waals surface area contributed by atoms with Crippen molar-refractivity contribution in [3.05, 3.63) is 53.6 Å². The third-order valence-corrected chi connectivity index (χ3v) is 6.93. The number of nitriles is 1. The minimum Gasteiger partial charge on any atom is -0.349 e. The lowest BCUT2D eigenvalue weighted by Gasteiger charge is -2.26. The molecule has 0 radical (unpaired) electrons. The molecule has 1 aliphatic carbocycles. The highest BCUT2D eigenvalue weighted by Gasteiger charge is 2.25. The lowest BCUT2D eigenvalue weighted by molar-refractivity contribution is -0.128. The Morgan fingerprint density at radius 1 is 1.08 bits per heavy atom. The number of amides is 3. The summed E-state index contributed by atoms with van der Waals surface area (Å²) in [6.45, 7) is 0.317. The summed E-state index contributed by atoms with van der Waals surface area (Å²) in [5.41, 5.74) is 2.80. The maximum absolute atomic E-state index is 13.1. The van der Waals surface area contributed by atoms with Gasteiger partial charge >= 0.3 is 0 Å². The maximum atomic E-state index is 13.1. The molecular formula is C28H32N6O3. The van der Waals surface area contributed by atoms with Crippen LogP contribution in [0.4, 0.5) is 11.6 Å². The first-order chi connectivity index (χ1) is 17.8. The number of imidazole rings is 1. The Bertz CT molecular complexity index is 1360. The zero-order valence-electron chi connectivity index (χ0n) is 21.5. The molecule has 0 saturated heterocycles. The summed E-state index contributed by atoms with van der Waals surface area (Å²) in [4.78, 5) is 46.2. The van der Waals surface area contributed by atoms with E-state index in [1.807, 2.05) is 24.3 Å². The Kier molecular flexibility index (Phi) is 7.87. The van der Waals surface area contributed by atoms with E-state index in [1.54, 1.807) is 48.8 Å². The Morgan fingerprint density at radius 3 is 2.54 bits per heavy atom. The van der Waals surface area contributed by atoms with Crippen LogP contribution >= 0.6 is 0 Å². The second kappa shape index (κ2) is 11.2. The molecule has 0 spiro atoms. The van der Waals surface area contributed by atoms with Crippen LogP contribution in [0.25, 0.3) is 11.0 Å². The van der Waals surface area contributed by atoms with Gasteiger partial charge in [-0.2, -0.15) is 5.26 Å². The van der Waals surface area contributed by atoms with Crippen molar-refractivity contribution in [3.8, 4) is 6.07 Å². The number of rotatable bonds is 7. The molecule has 37 heavy (non-hydrogen) atoms. The van der Waals surface area contributed by atoms with Gasteiger partial charge < -0.3 is 14.4 Å². The molecule has 9 nitrogen and oxygen atoms in total. The van der Waals surface area contributed by atoms with Crippen molar-refractivity contribution < 1.29 is 14.4 Å². The molecule has 0 atom stereocenters. The largest absolute Gasteiger partial charge is 0.349 e. The van der Waals surface area contributed by atoms with Crippen molar-refractivity contribution in [2.45, 2.75) is 45.1 Å². The molecule has 1 fully saturated rings. The number of anilines is 2. The monoisotopic (exact) mass is 500 g/mol. The van der Waals surface area contributed by atoms with E-state index in [-0.39, 0.29) is 24.2 Å². The smallest absolute Gasteiger partial charge is 0.258 e. The van der Waals surface area contributed by atoms with Crippen LogP contribution in [0.5, 0.6) is 0 Å². The van der Waals surface area contributed by atoms with Crippen LogP contribution in [-0.2, 0) is 16.1 Å². The summed E-state index contributed by atoms with van der Waals surface area (Å²) in [5.74, 6) is 0.00375. The van der Waals surface area contributed by atoms with E-state index in [1.165, 1.54) is 17.4 Å². The highest BCUT2D eigenvalue weighted by Crippen LogP contribution is 2.29. The zero-order valence-corrected chi connectivity index (χ0v) is 21.5. The summed E-state index contributed by atoms with van der Waals surface area (Å²) in [6.07, 6.45) is 5.42. The molecule has 1 heterocycles. The predicted octanol–water partition coefficient (Wildman–Crippen LogP) is 4.18. The van der Waals surface area contributed by atoms with Gasteiger partial charge in [0.1, 0.15) is 0 Å². The van der Waals surface area contributed by atoms with Gasteiger partial charge in [-0.3, -0.25) is 19.7 Å². The fourth-order valence-electron chi connectivity index (χ4n) is 4.73. The summed E-state index contributed by atoms with van der Waals surface area (Å²) >= 11 is 0. The lowest BCUT2D eigenvalue weighted by atomic mass is 9.88. The minimum atomic E-state index is -0.405. The molecule has 1 N–H and O–H groups in total. The van der Waals surface area contributed by atoms with E-state index in [2.05, 4.69) is 10.3 Å². The number of benzene rings is 2. The summed E-state index contributed by atoms with van der Waals surface area (Å²) in [7, 11) is 5.19. The number of carbonyl (C=O) groups is 3. The number of hydrogen-bond acceptors (Lipinski definition) is 5. The summed E-state index contributed by atoms with van der Waals surface area (Å²) < 4.78 is 1.80. The highest BCUT2D eigenvalue weighted by atomic mass is 16.2. The van der Waals surface area contributed by atoms with Crippen molar-refractivity contribution in [1.29, 1.82) is 5.26 Å². The minimum absolute atomic E-state index is 0.0445. The van der Waals surface area contributed by atoms with Gasteiger partial charge in [-0.05, 0) is 49.2 Å². The Hall–Kier alpha value is -4.19. The van der Waals surface area contributed by atoms with Crippen LogP contribution in [0.1, 0.15) is 54.4 Å². The van der Waals surface area contributed by atoms with Gasteiger partial charge in [-0.1, -0.05) is 25.3 Å². The standard InChI is InChI=1S/C28H32N6O3/c1-32(2)25(35)14-15-34-24-13-12-22(33(3)27(37)20-9-5-4-6-10-20)17-23(24)30-28(34)31-26(36)21-11-7-8-19(16-21)18-29/h7-8,11-13,16-17,20H,4-6,9-10,14-15H2,1-3H3,(H,30,31,36). The topological polar surface area (TPSA) is 111 Å². The number of fused-ring (bicyclic) bond motifs is 1. The van der Waals surface area contributed by atoms with Crippen molar-refractivity contribution >= 4 is 40.4 Å². The summed E-state index contributed by atoms with van der Waals surface area (Å²) in [6, 6.07) is 14.0. The Balaban J connectivity index is 1.65. The fourth-order valence-corrected chi connectivity index (χ4v) is 4.73. The van der Waals surface area contributed by atoms with Crippen LogP contribution in [0.2, 0.25) is 0 Å². The van der Waals surface area contributed by atoms with Crippen molar-refractivity contribution in [3.63, 3.8) is 0 Å². The molecule has 1 saturated carbocycles. The van der Waals surface area contributed by atoms with Crippen LogP contribution in [0.3, 0.4) is 0 Å². The molecule has 0 unspecified atom stereocenters. The van der Waals surface area contributed by atoms with Crippen LogP contribution in [0.15, 0.2) is 42.5 Å². The molecule has 1 aliphatic rings. The van der Waals surface area contributed by atoms with E-state index in [0.717, 1.165) is 36.9 Å². The first-order valence-electron chi connectivity index (χ1n) is 12.6. The van der Waals surface area contributed by atoms with E-state index in [9.17, 15) is 19.6 Å². The van der Waals surface area contributed by atoms with Crippen molar-refractivity contribution in [2.75, 3.05) is 31.4 Å². The molecule has 4 rings (SSSR count). The first kappa shape index (κ1) is 25.9. The number of nitrogens with zero attached hydrogens (tertiary/aromatic N) is 5. The molecule has 2 aromatic carbocycles. The Morgan fingerprint density at radius 2 is 1.84 bits per heavy atom.